The number of para-hydroxylation sites is 1. The summed E-state index contributed by atoms with van der Waals surface area (Å²) in [6.07, 6.45) is -3.62. The zero-order valence-corrected chi connectivity index (χ0v) is 13.6. The number of pyridine rings is 1. The molecule has 0 unspecified atom stereocenters. The Bertz CT molecular complexity index is 1130. The SMILES string of the molecule is Oc1ccc(-c2cc(C(F)(F)F)c3cnn(-c4ccccc4F)c3n2)cc1. The topological polar surface area (TPSA) is 50.9 Å². The van der Waals surface area contributed by atoms with Gasteiger partial charge in [0, 0.05) is 5.56 Å². The van der Waals surface area contributed by atoms with Gasteiger partial charge in [-0.2, -0.15) is 18.3 Å². The Morgan fingerprint density at radius 1 is 0.963 bits per heavy atom. The zero-order chi connectivity index (χ0) is 19.2. The Morgan fingerprint density at radius 2 is 1.67 bits per heavy atom. The number of rotatable bonds is 2. The number of hydrogen-bond donors (Lipinski definition) is 1. The minimum atomic E-state index is -4.64. The van der Waals surface area contributed by atoms with E-state index in [-0.39, 0.29) is 28.2 Å². The number of phenolic OH excluding ortho intramolecular Hbond substituents is 1. The van der Waals surface area contributed by atoms with Crippen LogP contribution in [0.4, 0.5) is 17.6 Å². The van der Waals surface area contributed by atoms with Crippen molar-refractivity contribution in [2.45, 2.75) is 6.18 Å². The van der Waals surface area contributed by atoms with Gasteiger partial charge >= 0.3 is 6.18 Å². The molecule has 2 heterocycles. The molecule has 0 saturated carbocycles. The molecule has 27 heavy (non-hydrogen) atoms. The summed E-state index contributed by atoms with van der Waals surface area (Å²) in [7, 11) is 0. The van der Waals surface area contributed by atoms with E-state index in [2.05, 4.69) is 10.1 Å². The first-order valence-corrected chi connectivity index (χ1v) is 7.85. The van der Waals surface area contributed by atoms with Crippen LogP contribution in [0.5, 0.6) is 5.75 Å². The second-order valence-corrected chi connectivity index (χ2v) is 5.84. The summed E-state index contributed by atoms with van der Waals surface area (Å²) >= 11 is 0. The van der Waals surface area contributed by atoms with E-state index in [9.17, 15) is 22.7 Å². The summed E-state index contributed by atoms with van der Waals surface area (Å²) in [6, 6.07) is 12.1. The van der Waals surface area contributed by atoms with Crippen molar-refractivity contribution in [2.75, 3.05) is 0 Å². The molecule has 0 amide bonds. The van der Waals surface area contributed by atoms with Crippen molar-refractivity contribution in [2.24, 2.45) is 0 Å². The largest absolute Gasteiger partial charge is 0.508 e. The first-order chi connectivity index (χ1) is 12.8. The average Bonchev–Trinajstić information content (AvgIpc) is 3.05. The van der Waals surface area contributed by atoms with E-state index < -0.39 is 17.6 Å². The van der Waals surface area contributed by atoms with Gasteiger partial charge in [-0.1, -0.05) is 12.1 Å². The second kappa shape index (κ2) is 6.08. The van der Waals surface area contributed by atoms with Crippen molar-refractivity contribution in [3.8, 4) is 22.7 Å². The molecular weight excluding hydrogens is 362 g/mol. The quantitative estimate of drug-likeness (QED) is 0.506. The lowest BCUT2D eigenvalue weighted by molar-refractivity contribution is -0.136. The molecule has 8 heteroatoms. The van der Waals surface area contributed by atoms with Crippen LogP contribution in [-0.2, 0) is 6.18 Å². The van der Waals surface area contributed by atoms with Crippen LogP contribution < -0.4 is 0 Å². The van der Waals surface area contributed by atoms with E-state index in [0.717, 1.165) is 16.9 Å². The van der Waals surface area contributed by atoms with Crippen molar-refractivity contribution in [3.63, 3.8) is 0 Å². The smallest absolute Gasteiger partial charge is 0.417 e. The Hall–Kier alpha value is -3.42. The molecule has 4 rings (SSSR count). The second-order valence-electron chi connectivity index (χ2n) is 5.84. The van der Waals surface area contributed by atoms with Crippen molar-refractivity contribution in [3.05, 3.63) is 72.2 Å². The summed E-state index contributed by atoms with van der Waals surface area (Å²) in [5, 5.41) is 13.1. The number of fused-ring (bicyclic) bond motifs is 1. The fourth-order valence-electron chi connectivity index (χ4n) is 2.81. The highest BCUT2D eigenvalue weighted by molar-refractivity contribution is 5.84. The minimum absolute atomic E-state index is 0.00372. The van der Waals surface area contributed by atoms with Gasteiger partial charge in [-0.3, -0.25) is 0 Å². The van der Waals surface area contributed by atoms with Crippen molar-refractivity contribution < 1.29 is 22.7 Å². The summed E-state index contributed by atoms with van der Waals surface area (Å²) in [4.78, 5) is 4.28. The molecule has 0 radical (unpaired) electrons. The minimum Gasteiger partial charge on any atom is -0.508 e. The summed E-state index contributed by atoms with van der Waals surface area (Å²) in [6.45, 7) is 0. The normalized spacial score (nSPS) is 11.9. The molecule has 0 aliphatic heterocycles. The van der Waals surface area contributed by atoms with Crippen LogP contribution >= 0.6 is 0 Å². The number of phenols is 1. The van der Waals surface area contributed by atoms with Crippen molar-refractivity contribution in [1.29, 1.82) is 0 Å². The fraction of sp³-hybridized carbons (Fsp3) is 0.0526. The van der Waals surface area contributed by atoms with Crippen molar-refractivity contribution >= 4 is 11.0 Å². The maximum Gasteiger partial charge on any atom is 0.417 e. The Kier molecular flexibility index (Phi) is 3.83. The highest BCUT2D eigenvalue weighted by Gasteiger charge is 2.35. The Morgan fingerprint density at radius 3 is 2.33 bits per heavy atom. The summed E-state index contributed by atoms with van der Waals surface area (Å²) in [5.41, 5.74) is -0.624. The Labute approximate surface area is 150 Å². The molecule has 4 nitrogen and oxygen atoms in total. The number of halogens is 4. The number of hydrogen-bond acceptors (Lipinski definition) is 3. The molecular formula is C19H11F4N3O. The third-order valence-corrected chi connectivity index (χ3v) is 4.09. The molecule has 136 valence electrons. The molecule has 4 aromatic rings. The third-order valence-electron chi connectivity index (χ3n) is 4.09. The van der Waals surface area contributed by atoms with E-state index in [1.165, 1.54) is 42.5 Å². The molecule has 0 saturated heterocycles. The fourth-order valence-corrected chi connectivity index (χ4v) is 2.81. The van der Waals surface area contributed by atoms with Gasteiger partial charge in [0.05, 0.1) is 22.8 Å². The van der Waals surface area contributed by atoms with Crippen LogP contribution in [0.15, 0.2) is 60.8 Å². The van der Waals surface area contributed by atoms with Gasteiger partial charge in [0.15, 0.2) is 5.65 Å². The van der Waals surface area contributed by atoms with Crippen LogP contribution in [0.1, 0.15) is 5.56 Å². The van der Waals surface area contributed by atoms with E-state index in [4.69, 9.17) is 0 Å². The number of aromatic hydroxyl groups is 1. The van der Waals surface area contributed by atoms with Gasteiger partial charge in [0.1, 0.15) is 17.3 Å². The van der Waals surface area contributed by atoms with Crippen LogP contribution in [0.3, 0.4) is 0 Å². The lowest BCUT2D eigenvalue weighted by Gasteiger charge is -2.11. The highest BCUT2D eigenvalue weighted by atomic mass is 19.4. The first kappa shape index (κ1) is 17.0. The van der Waals surface area contributed by atoms with Gasteiger partial charge in [-0.25, -0.2) is 14.1 Å². The molecule has 2 aromatic heterocycles. The van der Waals surface area contributed by atoms with Gasteiger partial charge < -0.3 is 5.11 Å². The summed E-state index contributed by atoms with van der Waals surface area (Å²) < 4.78 is 56.0. The number of benzene rings is 2. The molecule has 0 aliphatic carbocycles. The van der Waals surface area contributed by atoms with E-state index in [1.807, 2.05) is 0 Å². The molecule has 0 bridgehead atoms. The number of alkyl halides is 3. The molecule has 2 aromatic carbocycles. The van der Waals surface area contributed by atoms with Crippen molar-refractivity contribution in [1.82, 2.24) is 14.8 Å². The van der Waals surface area contributed by atoms with Gasteiger partial charge in [0.25, 0.3) is 0 Å². The molecule has 0 aliphatic rings. The van der Waals surface area contributed by atoms with Gasteiger partial charge in [-0.15, -0.1) is 0 Å². The molecule has 0 spiro atoms. The monoisotopic (exact) mass is 373 g/mol. The standard InChI is InChI=1S/C19H11F4N3O/c20-15-3-1-2-4-17(15)26-18-13(10-24-26)14(19(21,22)23)9-16(25-18)11-5-7-12(27)8-6-11/h1-10,27H. The predicted octanol–water partition coefficient (Wildman–Crippen LogP) is 4.95. The van der Waals surface area contributed by atoms with Crippen LogP contribution in [0, 0.1) is 5.82 Å². The molecule has 0 fully saturated rings. The Balaban J connectivity index is 2.03. The maximum atomic E-state index is 14.1. The van der Waals surface area contributed by atoms with Crippen LogP contribution in [-0.4, -0.2) is 19.9 Å². The maximum absolute atomic E-state index is 14.1. The first-order valence-electron chi connectivity index (χ1n) is 7.85. The number of nitrogens with zero attached hydrogens (tertiary/aromatic N) is 3. The highest BCUT2D eigenvalue weighted by Crippen LogP contribution is 2.37. The predicted molar refractivity (Wildman–Crippen MR) is 90.9 cm³/mol. The van der Waals surface area contributed by atoms with E-state index >= 15 is 0 Å². The average molecular weight is 373 g/mol. The van der Waals surface area contributed by atoms with Gasteiger partial charge in [-0.05, 0) is 42.5 Å². The zero-order valence-electron chi connectivity index (χ0n) is 13.6. The lowest BCUT2D eigenvalue weighted by atomic mass is 10.1. The molecule has 0 atom stereocenters. The number of aromatic nitrogens is 3. The lowest BCUT2D eigenvalue weighted by Crippen LogP contribution is -2.08. The summed E-state index contributed by atoms with van der Waals surface area (Å²) in [5.74, 6) is -0.653. The third kappa shape index (κ3) is 2.99. The molecule has 1 N–H and O–H groups in total. The van der Waals surface area contributed by atoms with Crippen LogP contribution in [0.25, 0.3) is 28.0 Å². The van der Waals surface area contributed by atoms with E-state index in [1.54, 1.807) is 6.07 Å². The van der Waals surface area contributed by atoms with Gasteiger partial charge in [0.2, 0.25) is 0 Å². The van der Waals surface area contributed by atoms with Crippen LogP contribution in [0.2, 0.25) is 0 Å². The van der Waals surface area contributed by atoms with E-state index in [0.29, 0.717) is 5.56 Å².